The van der Waals surface area contributed by atoms with Gasteiger partial charge in [0.25, 0.3) is 0 Å². The molecule has 0 amide bonds. The minimum Gasteiger partial charge on any atom is -0.368 e. The number of nitrogens with one attached hydrogen (secondary N) is 1. The summed E-state index contributed by atoms with van der Waals surface area (Å²) in [6, 6.07) is 0. The van der Waals surface area contributed by atoms with E-state index >= 15 is 0 Å². The van der Waals surface area contributed by atoms with Gasteiger partial charge < -0.3 is 9.84 Å². The SMILES string of the molecule is Cc1cnc(C)c(NCCc2ncon2)n1. The van der Waals surface area contributed by atoms with Crippen molar-refractivity contribution in [3.05, 3.63) is 29.8 Å². The van der Waals surface area contributed by atoms with Crippen LogP contribution in [0, 0.1) is 13.8 Å². The molecule has 0 aliphatic carbocycles. The molecule has 1 N–H and O–H groups in total. The molecule has 0 fully saturated rings. The van der Waals surface area contributed by atoms with Crippen LogP contribution in [0.4, 0.5) is 5.82 Å². The second kappa shape index (κ2) is 4.69. The molecule has 0 saturated carbocycles. The summed E-state index contributed by atoms with van der Waals surface area (Å²) < 4.78 is 4.64. The highest BCUT2D eigenvalue weighted by atomic mass is 16.5. The fraction of sp³-hybridized carbons (Fsp3) is 0.400. The van der Waals surface area contributed by atoms with E-state index in [0.29, 0.717) is 18.8 Å². The van der Waals surface area contributed by atoms with Crippen LogP contribution in [0.2, 0.25) is 0 Å². The Balaban J connectivity index is 1.92. The molecule has 0 aromatic carbocycles. The molecule has 0 radical (unpaired) electrons. The van der Waals surface area contributed by atoms with Crippen molar-refractivity contribution in [2.45, 2.75) is 20.3 Å². The highest BCUT2D eigenvalue weighted by Crippen LogP contribution is 2.08. The number of rotatable bonds is 4. The molecule has 16 heavy (non-hydrogen) atoms. The Kier molecular flexibility index (Phi) is 3.09. The van der Waals surface area contributed by atoms with Gasteiger partial charge in [-0.25, -0.2) is 4.98 Å². The first-order valence-electron chi connectivity index (χ1n) is 5.05. The number of anilines is 1. The van der Waals surface area contributed by atoms with Gasteiger partial charge in [-0.1, -0.05) is 5.16 Å². The fourth-order valence-corrected chi connectivity index (χ4v) is 1.30. The van der Waals surface area contributed by atoms with E-state index in [9.17, 15) is 0 Å². The third kappa shape index (κ3) is 2.53. The lowest BCUT2D eigenvalue weighted by atomic mass is 10.3. The van der Waals surface area contributed by atoms with Crippen molar-refractivity contribution in [3.63, 3.8) is 0 Å². The Morgan fingerprint density at radius 2 is 2.19 bits per heavy atom. The van der Waals surface area contributed by atoms with Crippen LogP contribution < -0.4 is 5.32 Å². The molecule has 6 heteroatoms. The number of nitrogens with zero attached hydrogens (tertiary/aromatic N) is 4. The van der Waals surface area contributed by atoms with Gasteiger partial charge in [0.15, 0.2) is 5.82 Å². The average Bonchev–Trinajstić information content (AvgIpc) is 2.76. The molecule has 0 unspecified atom stereocenters. The first-order valence-corrected chi connectivity index (χ1v) is 5.05. The van der Waals surface area contributed by atoms with E-state index in [0.717, 1.165) is 17.2 Å². The van der Waals surface area contributed by atoms with Crippen molar-refractivity contribution in [2.75, 3.05) is 11.9 Å². The van der Waals surface area contributed by atoms with Crippen LogP contribution in [0.3, 0.4) is 0 Å². The Morgan fingerprint density at radius 1 is 1.31 bits per heavy atom. The first-order chi connectivity index (χ1) is 7.75. The molecule has 0 atom stereocenters. The summed E-state index contributed by atoms with van der Waals surface area (Å²) in [7, 11) is 0. The predicted octanol–water partition coefficient (Wildman–Crippen LogP) is 1.13. The van der Waals surface area contributed by atoms with Crippen LogP contribution in [0.1, 0.15) is 17.2 Å². The Morgan fingerprint density at radius 3 is 2.94 bits per heavy atom. The molecule has 2 aromatic heterocycles. The lowest BCUT2D eigenvalue weighted by Gasteiger charge is -2.06. The molecule has 84 valence electrons. The molecule has 0 saturated heterocycles. The maximum atomic E-state index is 4.64. The van der Waals surface area contributed by atoms with Crippen molar-refractivity contribution in [1.29, 1.82) is 0 Å². The smallest absolute Gasteiger partial charge is 0.213 e. The van der Waals surface area contributed by atoms with E-state index in [1.807, 2.05) is 13.8 Å². The zero-order valence-corrected chi connectivity index (χ0v) is 9.27. The molecular formula is C10H13N5O. The van der Waals surface area contributed by atoms with E-state index < -0.39 is 0 Å². The summed E-state index contributed by atoms with van der Waals surface area (Å²) in [6.45, 7) is 4.54. The summed E-state index contributed by atoms with van der Waals surface area (Å²) in [5, 5.41) is 6.92. The lowest BCUT2D eigenvalue weighted by Crippen LogP contribution is -2.09. The largest absolute Gasteiger partial charge is 0.368 e. The second-order valence-corrected chi connectivity index (χ2v) is 3.47. The van der Waals surface area contributed by atoms with Crippen molar-refractivity contribution in [1.82, 2.24) is 20.1 Å². The second-order valence-electron chi connectivity index (χ2n) is 3.47. The third-order valence-electron chi connectivity index (χ3n) is 2.12. The van der Waals surface area contributed by atoms with Gasteiger partial charge in [0.05, 0.1) is 11.4 Å². The van der Waals surface area contributed by atoms with E-state index in [4.69, 9.17) is 0 Å². The van der Waals surface area contributed by atoms with Gasteiger partial charge in [-0.05, 0) is 13.8 Å². The van der Waals surface area contributed by atoms with Crippen LogP contribution in [-0.4, -0.2) is 26.7 Å². The van der Waals surface area contributed by atoms with Gasteiger partial charge in [-0.3, -0.25) is 4.98 Å². The van der Waals surface area contributed by atoms with Gasteiger partial charge in [-0.15, -0.1) is 0 Å². The van der Waals surface area contributed by atoms with Gasteiger partial charge in [-0.2, -0.15) is 4.98 Å². The summed E-state index contributed by atoms with van der Waals surface area (Å²) in [4.78, 5) is 12.5. The molecule has 2 heterocycles. The molecule has 6 nitrogen and oxygen atoms in total. The maximum absolute atomic E-state index is 4.64. The van der Waals surface area contributed by atoms with Crippen molar-refractivity contribution < 1.29 is 4.52 Å². The molecular weight excluding hydrogens is 206 g/mol. The topological polar surface area (TPSA) is 76.7 Å². The maximum Gasteiger partial charge on any atom is 0.213 e. The number of aromatic nitrogens is 4. The van der Waals surface area contributed by atoms with Crippen LogP contribution in [0.5, 0.6) is 0 Å². The summed E-state index contributed by atoms with van der Waals surface area (Å²) in [6.07, 6.45) is 3.78. The minimum absolute atomic E-state index is 0.686. The number of hydrogen-bond acceptors (Lipinski definition) is 6. The summed E-state index contributed by atoms with van der Waals surface area (Å²) >= 11 is 0. The Hall–Kier alpha value is -1.98. The molecule has 2 aromatic rings. The molecule has 0 aliphatic rings. The van der Waals surface area contributed by atoms with Crippen LogP contribution in [0.15, 0.2) is 17.1 Å². The van der Waals surface area contributed by atoms with Crippen molar-refractivity contribution >= 4 is 5.82 Å². The van der Waals surface area contributed by atoms with Crippen LogP contribution >= 0.6 is 0 Å². The van der Waals surface area contributed by atoms with Crippen LogP contribution in [-0.2, 0) is 6.42 Å². The highest BCUT2D eigenvalue weighted by molar-refractivity contribution is 5.39. The van der Waals surface area contributed by atoms with E-state index in [-0.39, 0.29) is 0 Å². The van der Waals surface area contributed by atoms with E-state index in [2.05, 4.69) is 29.9 Å². The normalized spacial score (nSPS) is 10.4. The number of hydrogen-bond donors (Lipinski definition) is 1. The third-order valence-corrected chi connectivity index (χ3v) is 2.12. The lowest BCUT2D eigenvalue weighted by molar-refractivity contribution is 0.410. The Labute approximate surface area is 93.1 Å². The van der Waals surface area contributed by atoms with E-state index in [1.54, 1.807) is 6.20 Å². The average molecular weight is 219 g/mol. The fourth-order valence-electron chi connectivity index (χ4n) is 1.30. The van der Waals surface area contributed by atoms with Crippen molar-refractivity contribution in [2.24, 2.45) is 0 Å². The monoisotopic (exact) mass is 219 g/mol. The zero-order chi connectivity index (χ0) is 11.4. The zero-order valence-electron chi connectivity index (χ0n) is 9.27. The number of aryl methyl sites for hydroxylation is 2. The molecule has 0 bridgehead atoms. The van der Waals surface area contributed by atoms with E-state index in [1.165, 1.54) is 6.39 Å². The first kappa shape index (κ1) is 10.5. The van der Waals surface area contributed by atoms with Crippen molar-refractivity contribution in [3.8, 4) is 0 Å². The molecule has 0 aliphatic heterocycles. The Bertz CT molecular complexity index is 454. The highest BCUT2D eigenvalue weighted by Gasteiger charge is 2.02. The summed E-state index contributed by atoms with van der Waals surface area (Å²) in [5.74, 6) is 1.49. The standard InChI is InChI=1S/C10H13N5O/c1-7-5-12-8(2)10(14-7)11-4-3-9-13-6-16-15-9/h5-6H,3-4H2,1-2H3,(H,11,14). The van der Waals surface area contributed by atoms with Gasteiger partial charge in [0, 0.05) is 19.2 Å². The molecule has 0 spiro atoms. The minimum atomic E-state index is 0.686. The van der Waals surface area contributed by atoms with Gasteiger partial charge in [0.1, 0.15) is 5.82 Å². The molecule has 2 rings (SSSR count). The summed E-state index contributed by atoms with van der Waals surface area (Å²) in [5.41, 5.74) is 1.78. The van der Waals surface area contributed by atoms with Crippen LogP contribution in [0.25, 0.3) is 0 Å². The van der Waals surface area contributed by atoms with Gasteiger partial charge in [0.2, 0.25) is 6.39 Å². The predicted molar refractivity (Wildman–Crippen MR) is 58.0 cm³/mol. The van der Waals surface area contributed by atoms with Gasteiger partial charge >= 0.3 is 0 Å². The quantitative estimate of drug-likeness (QED) is 0.830.